The first-order chi connectivity index (χ1) is 10.3. The number of hydrogen-bond acceptors (Lipinski definition) is 3. The molecular weight excluding hydrogens is 297 g/mol. The third-order valence-electron chi connectivity index (χ3n) is 4.08. The molecule has 1 aromatic rings. The van der Waals surface area contributed by atoms with Gasteiger partial charge in [0.2, 0.25) is 5.91 Å². The van der Waals surface area contributed by atoms with Gasteiger partial charge in [-0.2, -0.15) is 0 Å². The molecule has 2 rings (SSSR count). The van der Waals surface area contributed by atoms with Crippen LogP contribution >= 0.6 is 0 Å². The average molecular weight is 316 g/mol. The van der Waals surface area contributed by atoms with Gasteiger partial charge < -0.3 is 10.5 Å². The van der Waals surface area contributed by atoms with Gasteiger partial charge in [-0.25, -0.2) is 0 Å². The number of piperidine rings is 1. The lowest BCUT2D eigenvalue weighted by Crippen LogP contribution is -2.39. The summed E-state index contributed by atoms with van der Waals surface area (Å²) in [6, 6.07) is 5.96. The summed E-state index contributed by atoms with van der Waals surface area (Å²) in [6.07, 6.45) is -3.24. The Hall–Kier alpha value is -1.76. The second-order valence-corrected chi connectivity index (χ2v) is 5.51. The van der Waals surface area contributed by atoms with E-state index < -0.39 is 6.36 Å². The van der Waals surface area contributed by atoms with Gasteiger partial charge in [0.25, 0.3) is 0 Å². The first-order valence-corrected chi connectivity index (χ1v) is 7.15. The number of amides is 1. The summed E-state index contributed by atoms with van der Waals surface area (Å²) in [5, 5.41) is 0. The Labute approximate surface area is 127 Å². The zero-order valence-electron chi connectivity index (χ0n) is 12.3. The SMILES string of the molecule is CC(c1ccc(OC(F)(F)F)cc1)N1CCC(C(N)=O)CC1. The van der Waals surface area contributed by atoms with Crippen LogP contribution in [0.25, 0.3) is 0 Å². The number of likely N-dealkylation sites (tertiary alicyclic amines) is 1. The molecule has 0 bridgehead atoms. The lowest BCUT2D eigenvalue weighted by atomic mass is 9.94. The van der Waals surface area contributed by atoms with Crippen molar-refractivity contribution >= 4 is 5.91 Å². The van der Waals surface area contributed by atoms with Gasteiger partial charge in [-0.1, -0.05) is 12.1 Å². The number of carbonyl (C=O) groups is 1. The van der Waals surface area contributed by atoms with E-state index in [0.717, 1.165) is 31.5 Å². The summed E-state index contributed by atoms with van der Waals surface area (Å²) < 4.78 is 40.2. The van der Waals surface area contributed by atoms with E-state index >= 15 is 0 Å². The predicted octanol–water partition coefficient (Wildman–Crippen LogP) is 2.84. The quantitative estimate of drug-likeness (QED) is 0.929. The van der Waals surface area contributed by atoms with Crippen LogP contribution in [0.15, 0.2) is 24.3 Å². The standard InChI is InChI=1S/C15H19F3N2O2/c1-10(20-8-6-12(7-9-20)14(19)21)11-2-4-13(5-3-11)22-15(16,17)18/h2-5,10,12H,6-9H2,1H3,(H2,19,21). The molecule has 22 heavy (non-hydrogen) atoms. The van der Waals surface area contributed by atoms with E-state index in [9.17, 15) is 18.0 Å². The maximum absolute atomic E-state index is 12.1. The number of primary amides is 1. The number of benzene rings is 1. The van der Waals surface area contributed by atoms with Crippen LogP contribution in [0.5, 0.6) is 5.75 Å². The molecule has 0 spiro atoms. The molecule has 1 heterocycles. The minimum Gasteiger partial charge on any atom is -0.406 e. The predicted molar refractivity (Wildman–Crippen MR) is 75.0 cm³/mol. The third-order valence-corrected chi connectivity index (χ3v) is 4.08. The van der Waals surface area contributed by atoms with E-state index in [0.29, 0.717) is 0 Å². The fourth-order valence-corrected chi connectivity index (χ4v) is 2.73. The van der Waals surface area contributed by atoms with Gasteiger partial charge in [0.05, 0.1) is 0 Å². The third kappa shape index (κ3) is 4.37. The fourth-order valence-electron chi connectivity index (χ4n) is 2.73. The molecule has 0 saturated carbocycles. The highest BCUT2D eigenvalue weighted by Crippen LogP contribution is 2.29. The number of carbonyl (C=O) groups excluding carboxylic acids is 1. The second kappa shape index (κ2) is 6.56. The number of hydrogen-bond donors (Lipinski definition) is 1. The number of halogens is 3. The lowest BCUT2D eigenvalue weighted by Gasteiger charge is -2.35. The van der Waals surface area contributed by atoms with Crippen molar-refractivity contribution in [3.05, 3.63) is 29.8 Å². The summed E-state index contributed by atoms with van der Waals surface area (Å²) >= 11 is 0. The van der Waals surface area contributed by atoms with E-state index in [4.69, 9.17) is 5.73 Å². The van der Waals surface area contributed by atoms with E-state index in [1.165, 1.54) is 12.1 Å². The molecule has 4 nitrogen and oxygen atoms in total. The van der Waals surface area contributed by atoms with Crippen molar-refractivity contribution in [3.63, 3.8) is 0 Å². The zero-order chi connectivity index (χ0) is 16.3. The Morgan fingerprint density at radius 3 is 2.27 bits per heavy atom. The van der Waals surface area contributed by atoms with Gasteiger partial charge in [0.15, 0.2) is 0 Å². The smallest absolute Gasteiger partial charge is 0.406 e. The maximum atomic E-state index is 12.1. The molecular formula is C15H19F3N2O2. The van der Waals surface area contributed by atoms with Crippen molar-refractivity contribution in [2.75, 3.05) is 13.1 Å². The second-order valence-electron chi connectivity index (χ2n) is 5.51. The first kappa shape index (κ1) is 16.6. The van der Waals surface area contributed by atoms with Crippen molar-refractivity contribution in [2.45, 2.75) is 32.2 Å². The van der Waals surface area contributed by atoms with Crippen molar-refractivity contribution in [2.24, 2.45) is 11.7 Å². The molecule has 1 saturated heterocycles. The minimum absolute atomic E-state index is 0.0637. The number of rotatable bonds is 4. The summed E-state index contributed by atoms with van der Waals surface area (Å²) in [5.74, 6) is -0.567. The largest absolute Gasteiger partial charge is 0.573 e. The number of nitrogens with zero attached hydrogens (tertiary/aromatic N) is 1. The number of alkyl halides is 3. The van der Waals surface area contributed by atoms with Crippen LogP contribution in [0.3, 0.4) is 0 Å². The minimum atomic E-state index is -4.68. The highest BCUT2D eigenvalue weighted by atomic mass is 19.4. The van der Waals surface area contributed by atoms with Crippen LogP contribution in [0.1, 0.15) is 31.4 Å². The van der Waals surface area contributed by atoms with Crippen LogP contribution in [-0.2, 0) is 4.79 Å². The Kier molecular flexibility index (Phi) is 4.95. The lowest BCUT2D eigenvalue weighted by molar-refractivity contribution is -0.274. The molecule has 1 atom stereocenters. The molecule has 1 aromatic carbocycles. The topological polar surface area (TPSA) is 55.6 Å². The molecule has 0 radical (unpaired) electrons. The highest BCUT2D eigenvalue weighted by Gasteiger charge is 2.31. The van der Waals surface area contributed by atoms with Gasteiger partial charge in [0.1, 0.15) is 5.75 Å². The van der Waals surface area contributed by atoms with Crippen LogP contribution in [0.2, 0.25) is 0 Å². The van der Waals surface area contributed by atoms with E-state index in [-0.39, 0.29) is 23.6 Å². The van der Waals surface area contributed by atoms with Gasteiger partial charge in [-0.05, 0) is 50.6 Å². The highest BCUT2D eigenvalue weighted by molar-refractivity contribution is 5.76. The summed E-state index contributed by atoms with van der Waals surface area (Å²) in [4.78, 5) is 13.3. The van der Waals surface area contributed by atoms with Gasteiger partial charge >= 0.3 is 6.36 Å². The van der Waals surface area contributed by atoms with Crippen molar-refractivity contribution < 1.29 is 22.7 Å². The molecule has 1 unspecified atom stereocenters. The average Bonchev–Trinajstić information content (AvgIpc) is 2.46. The Morgan fingerprint density at radius 1 is 1.27 bits per heavy atom. The molecule has 1 fully saturated rings. The summed E-state index contributed by atoms with van der Waals surface area (Å²) in [5.41, 5.74) is 6.21. The van der Waals surface area contributed by atoms with E-state index in [2.05, 4.69) is 9.64 Å². The van der Waals surface area contributed by atoms with Crippen LogP contribution in [0.4, 0.5) is 13.2 Å². The van der Waals surface area contributed by atoms with Crippen molar-refractivity contribution in [1.29, 1.82) is 0 Å². The van der Waals surface area contributed by atoms with Gasteiger partial charge in [-0.3, -0.25) is 9.69 Å². The number of ether oxygens (including phenoxy) is 1. The molecule has 0 aliphatic carbocycles. The van der Waals surface area contributed by atoms with Crippen molar-refractivity contribution in [1.82, 2.24) is 4.90 Å². The van der Waals surface area contributed by atoms with Gasteiger partial charge in [-0.15, -0.1) is 13.2 Å². The first-order valence-electron chi connectivity index (χ1n) is 7.15. The molecule has 1 aliphatic rings. The molecule has 122 valence electrons. The summed E-state index contributed by atoms with van der Waals surface area (Å²) in [7, 11) is 0. The Balaban J connectivity index is 1.96. The van der Waals surface area contributed by atoms with Gasteiger partial charge in [0, 0.05) is 12.0 Å². The van der Waals surface area contributed by atoms with E-state index in [1.54, 1.807) is 12.1 Å². The maximum Gasteiger partial charge on any atom is 0.573 e. The van der Waals surface area contributed by atoms with Crippen molar-refractivity contribution in [3.8, 4) is 5.75 Å². The molecule has 2 N–H and O–H groups in total. The fraction of sp³-hybridized carbons (Fsp3) is 0.533. The normalized spacial score (nSPS) is 18.9. The Morgan fingerprint density at radius 2 is 1.82 bits per heavy atom. The molecule has 1 amide bonds. The van der Waals surface area contributed by atoms with E-state index in [1.807, 2.05) is 6.92 Å². The zero-order valence-corrected chi connectivity index (χ0v) is 12.3. The summed E-state index contributed by atoms with van der Waals surface area (Å²) in [6.45, 7) is 3.48. The van der Waals surface area contributed by atoms with Crippen LogP contribution in [-0.4, -0.2) is 30.3 Å². The Bertz CT molecular complexity index is 509. The molecule has 1 aliphatic heterocycles. The monoisotopic (exact) mass is 316 g/mol. The van der Waals surface area contributed by atoms with Crippen LogP contribution < -0.4 is 10.5 Å². The number of nitrogens with two attached hydrogens (primary N) is 1. The molecule has 0 aromatic heterocycles. The van der Waals surface area contributed by atoms with Crippen LogP contribution in [0, 0.1) is 5.92 Å². The molecule has 7 heteroatoms.